The summed E-state index contributed by atoms with van der Waals surface area (Å²) in [6.07, 6.45) is 2.43. The van der Waals surface area contributed by atoms with Gasteiger partial charge in [-0.25, -0.2) is 4.79 Å². The molecule has 0 unspecified atom stereocenters. The van der Waals surface area contributed by atoms with E-state index in [0.29, 0.717) is 18.1 Å². The molecule has 1 aliphatic rings. The van der Waals surface area contributed by atoms with Gasteiger partial charge in [-0.1, -0.05) is 29.8 Å². The number of carbonyl (C=O) groups excluding carboxylic acids is 1. The minimum atomic E-state index is -0.689. The van der Waals surface area contributed by atoms with Gasteiger partial charge < -0.3 is 9.47 Å². The van der Waals surface area contributed by atoms with Crippen molar-refractivity contribution in [3.63, 3.8) is 0 Å². The molecular formula is C20H28ClNO3. The SMILES string of the molecule is C/C=C(/C[C@H]1COC(C)(C)N1C(=O)OC(C)(C)C)c1ccc(Cl)cc1. The molecule has 1 heterocycles. The van der Waals surface area contributed by atoms with Gasteiger partial charge in [0, 0.05) is 5.02 Å². The molecule has 0 N–H and O–H groups in total. The molecule has 0 aliphatic carbocycles. The summed E-state index contributed by atoms with van der Waals surface area (Å²) in [5, 5.41) is 0.708. The van der Waals surface area contributed by atoms with Crippen LogP contribution < -0.4 is 0 Å². The van der Waals surface area contributed by atoms with Gasteiger partial charge in [0.15, 0.2) is 0 Å². The summed E-state index contributed by atoms with van der Waals surface area (Å²) >= 11 is 5.98. The first-order valence-corrected chi connectivity index (χ1v) is 8.98. The zero-order valence-electron chi connectivity index (χ0n) is 15.9. The van der Waals surface area contributed by atoms with Gasteiger partial charge in [0.25, 0.3) is 0 Å². The van der Waals surface area contributed by atoms with Crippen LogP contribution in [0, 0.1) is 0 Å². The number of hydrogen-bond acceptors (Lipinski definition) is 3. The van der Waals surface area contributed by atoms with Gasteiger partial charge in [-0.05, 0) is 71.2 Å². The van der Waals surface area contributed by atoms with E-state index in [2.05, 4.69) is 6.08 Å². The molecule has 1 atom stereocenters. The monoisotopic (exact) mass is 365 g/mol. The van der Waals surface area contributed by atoms with E-state index in [0.717, 1.165) is 11.1 Å². The minimum Gasteiger partial charge on any atom is -0.444 e. The van der Waals surface area contributed by atoms with Crippen LogP contribution in [0.15, 0.2) is 30.3 Å². The highest BCUT2D eigenvalue weighted by molar-refractivity contribution is 6.30. The standard InChI is InChI=1S/C20H28ClNO3/c1-7-14(15-8-10-16(21)11-9-15)12-17-13-24-20(5,6)22(17)18(23)25-19(2,3)4/h7-11,17H,12-13H2,1-6H3/b14-7-/t17-/m0/s1. The number of ether oxygens (including phenoxy) is 2. The predicted molar refractivity (Wildman–Crippen MR) is 102 cm³/mol. The molecule has 0 spiro atoms. The summed E-state index contributed by atoms with van der Waals surface area (Å²) in [4.78, 5) is 14.4. The van der Waals surface area contributed by atoms with E-state index in [1.807, 2.05) is 65.8 Å². The Morgan fingerprint density at radius 3 is 2.48 bits per heavy atom. The molecule has 1 amide bonds. The molecule has 1 aromatic carbocycles. The van der Waals surface area contributed by atoms with E-state index >= 15 is 0 Å². The Balaban J connectivity index is 2.21. The third-order valence-electron chi connectivity index (χ3n) is 4.18. The van der Waals surface area contributed by atoms with Crippen molar-refractivity contribution < 1.29 is 14.3 Å². The number of carbonyl (C=O) groups is 1. The molecule has 0 radical (unpaired) electrons. The smallest absolute Gasteiger partial charge is 0.412 e. The second-order valence-corrected chi connectivity index (χ2v) is 8.22. The molecule has 5 heteroatoms. The van der Waals surface area contributed by atoms with Crippen molar-refractivity contribution in [2.75, 3.05) is 6.61 Å². The van der Waals surface area contributed by atoms with E-state index in [1.165, 1.54) is 0 Å². The van der Waals surface area contributed by atoms with Crippen molar-refractivity contribution in [1.82, 2.24) is 4.90 Å². The Labute approximate surface area is 155 Å². The molecule has 1 aromatic rings. The summed E-state index contributed by atoms with van der Waals surface area (Å²) in [5.74, 6) is 0. The summed E-state index contributed by atoms with van der Waals surface area (Å²) in [6, 6.07) is 7.67. The maximum Gasteiger partial charge on any atom is 0.412 e. The van der Waals surface area contributed by atoms with Crippen LogP contribution in [-0.2, 0) is 9.47 Å². The van der Waals surface area contributed by atoms with E-state index < -0.39 is 11.3 Å². The molecule has 1 fully saturated rings. The van der Waals surface area contributed by atoms with Crippen LogP contribution in [0.2, 0.25) is 5.02 Å². The van der Waals surface area contributed by atoms with E-state index in [4.69, 9.17) is 21.1 Å². The van der Waals surface area contributed by atoms with Gasteiger partial charge in [-0.15, -0.1) is 0 Å². The fourth-order valence-corrected chi connectivity index (χ4v) is 3.16. The Hall–Kier alpha value is -1.52. The molecule has 4 nitrogen and oxygen atoms in total. The number of allylic oxidation sites excluding steroid dienone is 1. The van der Waals surface area contributed by atoms with Gasteiger partial charge in [-0.3, -0.25) is 4.90 Å². The zero-order chi connectivity index (χ0) is 18.8. The fraction of sp³-hybridized carbons (Fsp3) is 0.550. The maximum absolute atomic E-state index is 12.7. The summed E-state index contributed by atoms with van der Waals surface area (Å²) in [5.41, 5.74) is 1.02. The number of nitrogens with zero attached hydrogens (tertiary/aromatic N) is 1. The average Bonchev–Trinajstić information content (AvgIpc) is 2.78. The lowest BCUT2D eigenvalue weighted by molar-refractivity contribution is -0.0622. The average molecular weight is 366 g/mol. The number of amides is 1. The molecular weight excluding hydrogens is 338 g/mol. The van der Waals surface area contributed by atoms with Crippen LogP contribution in [0.5, 0.6) is 0 Å². The minimum absolute atomic E-state index is 0.0771. The van der Waals surface area contributed by atoms with Crippen LogP contribution in [0.3, 0.4) is 0 Å². The molecule has 1 aliphatic heterocycles. The lowest BCUT2D eigenvalue weighted by Crippen LogP contribution is -2.49. The molecule has 2 rings (SSSR count). The lowest BCUT2D eigenvalue weighted by Gasteiger charge is -2.35. The molecule has 138 valence electrons. The Bertz CT molecular complexity index is 644. The Kier molecular flexibility index (Phi) is 5.85. The summed E-state index contributed by atoms with van der Waals surface area (Å²) < 4.78 is 11.5. The quantitative estimate of drug-likeness (QED) is 0.709. The Morgan fingerprint density at radius 2 is 1.96 bits per heavy atom. The predicted octanol–water partition coefficient (Wildman–Crippen LogP) is 5.51. The zero-order valence-corrected chi connectivity index (χ0v) is 16.7. The molecule has 0 aromatic heterocycles. The number of halogens is 1. The highest BCUT2D eigenvalue weighted by atomic mass is 35.5. The van der Waals surface area contributed by atoms with Crippen LogP contribution in [0.25, 0.3) is 5.57 Å². The van der Waals surface area contributed by atoms with Crippen LogP contribution >= 0.6 is 11.6 Å². The van der Waals surface area contributed by atoms with E-state index in [9.17, 15) is 4.79 Å². The molecule has 1 saturated heterocycles. The first-order valence-electron chi connectivity index (χ1n) is 8.61. The second kappa shape index (κ2) is 7.38. The third kappa shape index (κ3) is 4.99. The van der Waals surface area contributed by atoms with Crippen molar-refractivity contribution in [2.45, 2.75) is 65.3 Å². The van der Waals surface area contributed by atoms with Crippen molar-refractivity contribution in [3.8, 4) is 0 Å². The van der Waals surface area contributed by atoms with Crippen molar-refractivity contribution in [3.05, 3.63) is 40.9 Å². The van der Waals surface area contributed by atoms with E-state index in [-0.39, 0.29) is 12.1 Å². The van der Waals surface area contributed by atoms with Crippen molar-refractivity contribution in [2.24, 2.45) is 0 Å². The number of hydrogen-bond donors (Lipinski definition) is 0. The summed E-state index contributed by atoms with van der Waals surface area (Å²) in [6.45, 7) is 11.9. The van der Waals surface area contributed by atoms with Crippen LogP contribution in [0.4, 0.5) is 4.79 Å². The highest BCUT2D eigenvalue weighted by Crippen LogP contribution is 2.34. The van der Waals surface area contributed by atoms with E-state index in [1.54, 1.807) is 4.90 Å². The van der Waals surface area contributed by atoms with Crippen molar-refractivity contribution >= 4 is 23.3 Å². The largest absolute Gasteiger partial charge is 0.444 e. The molecule has 0 saturated carbocycles. The number of rotatable bonds is 3. The first-order chi connectivity index (χ1) is 11.5. The summed E-state index contributed by atoms with van der Waals surface area (Å²) in [7, 11) is 0. The third-order valence-corrected chi connectivity index (χ3v) is 4.44. The van der Waals surface area contributed by atoms with Gasteiger partial charge >= 0.3 is 6.09 Å². The number of benzene rings is 1. The van der Waals surface area contributed by atoms with Gasteiger partial charge in [0.2, 0.25) is 0 Å². The van der Waals surface area contributed by atoms with Gasteiger partial charge in [0.05, 0.1) is 12.6 Å². The van der Waals surface area contributed by atoms with Gasteiger partial charge in [-0.2, -0.15) is 0 Å². The second-order valence-electron chi connectivity index (χ2n) is 7.79. The fourth-order valence-electron chi connectivity index (χ4n) is 3.03. The Morgan fingerprint density at radius 1 is 1.36 bits per heavy atom. The van der Waals surface area contributed by atoms with Crippen LogP contribution in [0.1, 0.15) is 53.5 Å². The topological polar surface area (TPSA) is 38.8 Å². The molecule has 25 heavy (non-hydrogen) atoms. The van der Waals surface area contributed by atoms with Crippen molar-refractivity contribution in [1.29, 1.82) is 0 Å². The maximum atomic E-state index is 12.7. The highest BCUT2D eigenvalue weighted by Gasteiger charge is 2.45. The molecule has 0 bridgehead atoms. The van der Waals surface area contributed by atoms with Gasteiger partial charge in [0.1, 0.15) is 11.3 Å². The first kappa shape index (κ1) is 19.8. The normalized spacial score (nSPS) is 20.7. The lowest BCUT2D eigenvalue weighted by atomic mass is 9.98. The van der Waals surface area contributed by atoms with Crippen LogP contribution in [-0.4, -0.2) is 35.0 Å².